The van der Waals surface area contributed by atoms with Crippen molar-refractivity contribution in [2.45, 2.75) is 6.54 Å². The fourth-order valence-corrected chi connectivity index (χ4v) is 1.68. The summed E-state index contributed by atoms with van der Waals surface area (Å²) in [5.74, 6) is -0.971. The van der Waals surface area contributed by atoms with Crippen LogP contribution in [0.1, 0.15) is 15.9 Å². The standard InChI is InChI=1S/C11H9ClN2O3/c12-10-9(11(16)17)5-13-14(10)6-7-2-1-3-8(15)4-7/h1-5,15H,6H2,(H,16,17). The van der Waals surface area contributed by atoms with Gasteiger partial charge in [0.2, 0.25) is 0 Å². The van der Waals surface area contributed by atoms with Gasteiger partial charge in [0.1, 0.15) is 16.5 Å². The molecule has 0 saturated heterocycles. The highest BCUT2D eigenvalue weighted by Crippen LogP contribution is 2.18. The fourth-order valence-electron chi connectivity index (χ4n) is 1.45. The van der Waals surface area contributed by atoms with Crippen molar-refractivity contribution in [3.8, 4) is 5.75 Å². The van der Waals surface area contributed by atoms with Crippen molar-refractivity contribution in [1.29, 1.82) is 0 Å². The van der Waals surface area contributed by atoms with E-state index < -0.39 is 5.97 Å². The van der Waals surface area contributed by atoms with Crippen LogP contribution in [-0.4, -0.2) is 26.0 Å². The molecule has 0 amide bonds. The van der Waals surface area contributed by atoms with Gasteiger partial charge in [0.05, 0.1) is 12.7 Å². The lowest BCUT2D eigenvalue weighted by atomic mass is 10.2. The molecule has 2 rings (SSSR count). The Balaban J connectivity index is 2.28. The Morgan fingerprint density at radius 1 is 1.47 bits per heavy atom. The summed E-state index contributed by atoms with van der Waals surface area (Å²) in [6.45, 7) is 0.306. The predicted octanol–water partition coefficient (Wildman–Crippen LogP) is 1.99. The molecule has 6 heteroatoms. The van der Waals surface area contributed by atoms with E-state index >= 15 is 0 Å². The zero-order chi connectivity index (χ0) is 12.4. The van der Waals surface area contributed by atoms with E-state index in [1.54, 1.807) is 24.3 Å². The molecule has 0 radical (unpaired) electrons. The van der Waals surface area contributed by atoms with Gasteiger partial charge in [-0.1, -0.05) is 23.7 Å². The number of phenolic OH excluding ortho intramolecular Hbond substituents is 1. The Morgan fingerprint density at radius 3 is 2.82 bits per heavy atom. The normalized spacial score (nSPS) is 10.4. The second-order valence-corrected chi connectivity index (χ2v) is 3.84. The summed E-state index contributed by atoms with van der Waals surface area (Å²) >= 11 is 5.87. The topological polar surface area (TPSA) is 75.3 Å². The average Bonchev–Trinajstić information content (AvgIpc) is 2.61. The van der Waals surface area contributed by atoms with Crippen LogP contribution in [0.3, 0.4) is 0 Å². The second-order valence-electron chi connectivity index (χ2n) is 3.48. The van der Waals surface area contributed by atoms with Crippen molar-refractivity contribution < 1.29 is 15.0 Å². The molecule has 1 aromatic heterocycles. The third-order valence-electron chi connectivity index (χ3n) is 2.25. The zero-order valence-electron chi connectivity index (χ0n) is 8.67. The van der Waals surface area contributed by atoms with Gasteiger partial charge in [0.25, 0.3) is 0 Å². The highest BCUT2D eigenvalue weighted by molar-refractivity contribution is 6.32. The van der Waals surface area contributed by atoms with Gasteiger partial charge in [-0.3, -0.25) is 0 Å². The first-order valence-electron chi connectivity index (χ1n) is 4.80. The molecule has 0 bridgehead atoms. The minimum Gasteiger partial charge on any atom is -0.508 e. The molecule has 0 aliphatic carbocycles. The lowest BCUT2D eigenvalue weighted by molar-refractivity contribution is 0.0697. The summed E-state index contributed by atoms with van der Waals surface area (Å²) in [7, 11) is 0. The van der Waals surface area contributed by atoms with E-state index in [2.05, 4.69) is 5.10 Å². The molecule has 17 heavy (non-hydrogen) atoms. The van der Waals surface area contributed by atoms with Crippen molar-refractivity contribution in [1.82, 2.24) is 9.78 Å². The predicted molar refractivity (Wildman–Crippen MR) is 61.4 cm³/mol. The number of aromatic hydroxyl groups is 1. The first-order chi connectivity index (χ1) is 8.08. The maximum atomic E-state index is 10.8. The number of carbonyl (C=O) groups is 1. The van der Waals surface area contributed by atoms with Crippen LogP contribution in [0.25, 0.3) is 0 Å². The van der Waals surface area contributed by atoms with E-state index in [0.717, 1.165) is 5.56 Å². The Kier molecular flexibility index (Phi) is 3.01. The Hall–Kier alpha value is -2.01. The molecule has 2 aromatic rings. The van der Waals surface area contributed by atoms with Crippen molar-refractivity contribution >= 4 is 17.6 Å². The number of carboxylic acid groups (broad SMARTS) is 1. The number of nitrogens with zero attached hydrogens (tertiary/aromatic N) is 2. The number of hydrogen-bond donors (Lipinski definition) is 2. The molecule has 0 unspecified atom stereocenters. The molecular formula is C11H9ClN2O3. The van der Waals surface area contributed by atoms with Crippen LogP contribution in [0.2, 0.25) is 5.15 Å². The maximum absolute atomic E-state index is 10.8. The number of carboxylic acids is 1. The van der Waals surface area contributed by atoms with E-state index in [-0.39, 0.29) is 16.5 Å². The molecule has 0 fully saturated rings. The summed E-state index contributed by atoms with van der Waals surface area (Å²) in [6.07, 6.45) is 1.20. The highest BCUT2D eigenvalue weighted by atomic mass is 35.5. The smallest absolute Gasteiger partial charge is 0.340 e. The van der Waals surface area contributed by atoms with E-state index in [9.17, 15) is 9.90 Å². The SMILES string of the molecule is O=C(O)c1cnn(Cc2cccc(O)c2)c1Cl. The van der Waals surface area contributed by atoms with Crippen LogP contribution in [0.4, 0.5) is 0 Å². The monoisotopic (exact) mass is 252 g/mol. The number of hydrogen-bond acceptors (Lipinski definition) is 3. The molecule has 0 saturated carbocycles. The van der Waals surface area contributed by atoms with Crippen LogP contribution >= 0.6 is 11.6 Å². The Morgan fingerprint density at radius 2 is 2.24 bits per heavy atom. The van der Waals surface area contributed by atoms with Crippen LogP contribution in [-0.2, 0) is 6.54 Å². The molecule has 0 atom stereocenters. The van der Waals surface area contributed by atoms with Gasteiger partial charge in [-0.2, -0.15) is 5.10 Å². The van der Waals surface area contributed by atoms with E-state index in [1.165, 1.54) is 10.9 Å². The Labute approximate surface area is 102 Å². The number of phenols is 1. The van der Waals surface area contributed by atoms with Crippen LogP contribution in [0.15, 0.2) is 30.5 Å². The molecule has 5 nitrogen and oxygen atoms in total. The van der Waals surface area contributed by atoms with E-state index in [4.69, 9.17) is 16.7 Å². The van der Waals surface area contributed by atoms with Gasteiger partial charge in [0, 0.05) is 0 Å². The summed E-state index contributed by atoms with van der Waals surface area (Å²) in [5.41, 5.74) is 0.749. The Bertz CT molecular complexity index is 566. The number of aromatic nitrogens is 2. The number of benzene rings is 1. The fraction of sp³-hybridized carbons (Fsp3) is 0.0909. The van der Waals surface area contributed by atoms with Gasteiger partial charge in [-0.15, -0.1) is 0 Å². The number of halogens is 1. The molecule has 0 spiro atoms. The van der Waals surface area contributed by atoms with Gasteiger partial charge in [0.15, 0.2) is 0 Å². The lowest BCUT2D eigenvalue weighted by Gasteiger charge is -2.04. The van der Waals surface area contributed by atoms with Crippen LogP contribution in [0.5, 0.6) is 5.75 Å². The van der Waals surface area contributed by atoms with Crippen LogP contribution < -0.4 is 0 Å². The minimum absolute atomic E-state index is 0.0354. The van der Waals surface area contributed by atoms with Crippen molar-refractivity contribution in [3.05, 3.63) is 46.7 Å². The quantitative estimate of drug-likeness (QED) is 0.876. The molecule has 1 aromatic carbocycles. The molecule has 88 valence electrons. The van der Waals surface area contributed by atoms with Gasteiger partial charge < -0.3 is 10.2 Å². The summed E-state index contributed by atoms with van der Waals surface area (Å²) in [5, 5.41) is 22.1. The third kappa shape index (κ3) is 2.39. The van der Waals surface area contributed by atoms with Crippen molar-refractivity contribution in [2.24, 2.45) is 0 Å². The molecule has 0 aliphatic heterocycles. The summed E-state index contributed by atoms with van der Waals surface area (Å²) < 4.78 is 1.36. The summed E-state index contributed by atoms with van der Waals surface area (Å²) in [6, 6.07) is 6.60. The zero-order valence-corrected chi connectivity index (χ0v) is 9.42. The number of aromatic carboxylic acids is 1. The summed E-state index contributed by atoms with van der Waals surface area (Å²) in [4.78, 5) is 10.8. The maximum Gasteiger partial charge on any atom is 0.340 e. The average molecular weight is 253 g/mol. The third-order valence-corrected chi connectivity index (χ3v) is 2.65. The molecule has 0 aliphatic rings. The second kappa shape index (κ2) is 4.47. The number of rotatable bonds is 3. The van der Waals surface area contributed by atoms with Gasteiger partial charge in [-0.25, -0.2) is 9.48 Å². The molecule has 2 N–H and O–H groups in total. The van der Waals surface area contributed by atoms with Gasteiger partial charge in [-0.05, 0) is 17.7 Å². The van der Waals surface area contributed by atoms with Crippen molar-refractivity contribution in [2.75, 3.05) is 0 Å². The van der Waals surface area contributed by atoms with Crippen LogP contribution in [0, 0.1) is 0 Å². The van der Waals surface area contributed by atoms with E-state index in [1.807, 2.05) is 0 Å². The highest BCUT2D eigenvalue weighted by Gasteiger charge is 2.14. The minimum atomic E-state index is -1.11. The first-order valence-corrected chi connectivity index (χ1v) is 5.18. The molecular weight excluding hydrogens is 244 g/mol. The first kappa shape index (κ1) is 11.5. The largest absolute Gasteiger partial charge is 0.508 e. The van der Waals surface area contributed by atoms with Gasteiger partial charge >= 0.3 is 5.97 Å². The lowest BCUT2D eigenvalue weighted by Crippen LogP contribution is -2.03. The van der Waals surface area contributed by atoms with E-state index in [0.29, 0.717) is 6.54 Å². The van der Waals surface area contributed by atoms with Crippen molar-refractivity contribution in [3.63, 3.8) is 0 Å². The molecule has 1 heterocycles.